The van der Waals surface area contributed by atoms with Gasteiger partial charge in [-0.1, -0.05) is 0 Å². The number of β-amino-alcohol motifs (C(OH)–C–C–N with tert-alkyl or cyclic N) is 1. The highest BCUT2D eigenvalue weighted by atomic mass is 32.1. The summed E-state index contributed by atoms with van der Waals surface area (Å²) < 4.78 is 4.57. The van der Waals surface area contributed by atoms with E-state index in [-0.39, 0.29) is 5.01 Å². The number of hydrogen-bond donors (Lipinski definition) is 1. The number of esters is 1. The van der Waals surface area contributed by atoms with Crippen LogP contribution in [0.5, 0.6) is 0 Å². The summed E-state index contributed by atoms with van der Waals surface area (Å²) in [5, 5.41) is 10.1. The number of carbonyl (C=O) groups is 2. The van der Waals surface area contributed by atoms with Crippen molar-refractivity contribution in [3.8, 4) is 0 Å². The fraction of sp³-hybridized carbons (Fsp3) is 0.444. The summed E-state index contributed by atoms with van der Waals surface area (Å²) in [6, 6.07) is 0. The van der Waals surface area contributed by atoms with Gasteiger partial charge in [-0.25, -0.2) is 9.78 Å². The molecule has 8 heteroatoms. The number of nitrogens with zero attached hydrogens (tertiary/aromatic N) is 2. The average molecular weight is 253 g/mol. The zero-order valence-corrected chi connectivity index (χ0v) is 9.94. The molecule has 0 saturated carbocycles. The summed E-state index contributed by atoms with van der Waals surface area (Å²) in [7, 11) is 2.63. The summed E-state index contributed by atoms with van der Waals surface area (Å²) in [6.07, 6.45) is -0.0727. The number of aromatic nitrogens is 1. The smallest absolute Gasteiger partial charge is 0.367 e. The first kappa shape index (κ1) is 12.2. The van der Waals surface area contributed by atoms with Gasteiger partial charge in [0.1, 0.15) is 6.10 Å². The van der Waals surface area contributed by atoms with E-state index in [1.165, 1.54) is 14.5 Å². The van der Waals surface area contributed by atoms with Crippen LogP contribution in [0.25, 0.3) is 0 Å². The third-order valence-corrected chi connectivity index (χ3v) is 3.60. The van der Waals surface area contributed by atoms with Crippen molar-refractivity contribution >= 4 is 30.9 Å². The van der Waals surface area contributed by atoms with Gasteiger partial charge in [0, 0.05) is 13.1 Å². The molecular formula is C9H10BN2O4S. The molecule has 0 spiro atoms. The van der Waals surface area contributed by atoms with Gasteiger partial charge in [0.15, 0.2) is 0 Å². The molecule has 0 amide bonds. The number of methoxy groups -OCH3 is 1. The molecule has 1 aliphatic rings. The minimum absolute atomic E-state index is 0.226. The second-order valence-electron chi connectivity index (χ2n) is 3.55. The Hall–Kier alpha value is -1.25. The fourth-order valence-corrected chi connectivity index (χ4v) is 2.64. The normalized spacial score (nSPS) is 19.5. The van der Waals surface area contributed by atoms with E-state index in [2.05, 4.69) is 9.72 Å². The number of ether oxygens (including phenoxy) is 1. The van der Waals surface area contributed by atoms with Crippen molar-refractivity contribution in [3.63, 3.8) is 0 Å². The van der Waals surface area contributed by atoms with E-state index in [9.17, 15) is 14.7 Å². The van der Waals surface area contributed by atoms with E-state index in [4.69, 9.17) is 0 Å². The zero-order chi connectivity index (χ0) is 12.4. The van der Waals surface area contributed by atoms with E-state index < -0.39 is 12.1 Å². The minimum atomic E-state index is -0.731. The van der Waals surface area contributed by atoms with Crippen LogP contribution in [0.15, 0.2) is 0 Å². The molecule has 0 fully saturated rings. The molecule has 0 bridgehead atoms. The van der Waals surface area contributed by atoms with Gasteiger partial charge in [0.25, 0.3) is 7.41 Å². The van der Waals surface area contributed by atoms with Gasteiger partial charge in [-0.2, -0.15) is 0 Å². The number of aliphatic hydroxyl groups excluding tert-OH is 1. The molecule has 1 N–H and O–H groups in total. The maximum absolute atomic E-state index is 11.3. The van der Waals surface area contributed by atoms with Crippen LogP contribution in [0.3, 0.4) is 0 Å². The van der Waals surface area contributed by atoms with Gasteiger partial charge < -0.3 is 19.4 Å². The predicted octanol–water partition coefficient (Wildman–Crippen LogP) is -0.412. The average Bonchev–Trinajstić information content (AvgIpc) is 2.73. The molecule has 1 aromatic rings. The Labute approximate surface area is 102 Å². The van der Waals surface area contributed by atoms with Crippen LogP contribution in [0.4, 0.5) is 0 Å². The van der Waals surface area contributed by atoms with E-state index in [1.807, 2.05) is 0 Å². The van der Waals surface area contributed by atoms with E-state index in [1.54, 1.807) is 4.81 Å². The van der Waals surface area contributed by atoms with Crippen LogP contribution in [-0.4, -0.2) is 48.1 Å². The SMILES string of the molecule is COC(=O)c1nc2c(s1)C(O)CN([B]C=O)C2. The van der Waals surface area contributed by atoms with Gasteiger partial charge in [0.05, 0.1) is 23.9 Å². The van der Waals surface area contributed by atoms with Gasteiger partial charge in [-0.3, -0.25) is 0 Å². The molecule has 89 valence electrons. The van der Waals surface area contributed by atoms with Gasteiger partial charge in [-0.05, 0) is 0 Å². The van der Waals surface area contributed by atoms with Crippen molar-refractivity contribution in [2.75, 3.05) is 13.7 Å². The maximum atomic E-state index is 11.3. The molecule has 0 aromatic carbocycles. The molecule has 6 nitrogen and oxygen atoms in total. The monoisotopic (exact) mass is 253 g/mol. The van der Waals surface area contributed by atoms with Crippen molar-refractivity contribution in [2.45, 2.75) is 12.6 Å². The molecule has 0 aliphatic carbocycles. The molecule has 1 atom stereocenters. The van der Waals surface area contributed by atoms with E-state index in [0.717, 1.165) is 11.3 Å². The van der Waals surface area contributed by atoms with Crippen LogP contribution in [0.1, 0.15) is 26.5 Å². The van der Waals surface area contributed by atoms with Crippen molar-refractivity contribution in [1.29, 1.82) is 0 Å². The first-order chi connectivity index (χ1) is 8.15. The minimum Gasteiger partial charge on any atom is -0.464 e. The van der Waals surface area contributed by atoms with Crippen molar-refractivity contribution in [2.24, 2.45) is 0 Å². The van der Waals surface area contributed by atoms with Crippen LogP contribution < -0.4 is 0 Å². The molecule has 1 unspecified atom stereocenters. The second-order valence-corrected chi connectivity index (χ2v) is 4.58. The first-order valence-corrected chi connectivity index (χ1v) is 5.76. The molecular weight excluding hydrogens is 243 g/mol. The number of thiazole rings is 1. The Morgan fingerprint density at radius 1 is 1.76 bits per heavy atom. The van der Waals surface area contributed by atoms with Crippen LogP contribution in [0, 0.1) is 0 Å². The summed E-state index contributed by atoms with van der Waals surface area (Å²) in [6.45, 7) is 0.743. The van der Waals surface area contributed by atoms with Crippen molar-refractivity contribution in [3.05, 3.63) is 15.6 Å². The molecule has 2 rings (SSSR count). The van der Waals surface area contributed by atoms with Crippen LogP contribution in [-0.2, 0) is 16.1 Å². The number of aliphatic hydroxyl groups is 1. The largest absolute Gasteiger partial charge is 0.464 e. The summed E-state index contributed by atoms with van der Waals surface area (Å²) >= 11 is 1.13. The highest BCUT2D eigenvalue weighted by molar-refractivity contribution is 7.13. The zero-order valence-electron chi connectivity index (χ0n) is 9.12. The summed E-state index contributed by atoms with van der Waals surface area (Å²) in [5.74, 6) is -0.512. The Balaban J connectivity index is 2.25. The third-order valence-electron chi connectivity index (χ3n) is 2.42. The Bertz CT molecular complexity index is 450. The molecule has 1 radical (unpaired) electrons. The lowest BCUT2D eigenvalue weighted by atomic mass is 9.91. The maximum Gasteiger partial charge on any atom is 0.367 e. The van der Waals surface area contributed by atoms with Gasteiger partial charge in [0.2, 0.25) is 5.01 Å². The predicted molar refractivity (Wildman–Crippen MR) is 61.3 cm³/mol. The second kappa shape index (κ2) is 4.95. The summed E-state index contributed by atoms with van der Waals surface area (Å²) in [5.41, 5.74) is 0.618. The van der Waals surface area contributed by atoms with Crippen molar-refractivity contribution in [1.82, 2.24) is 9.79 Å². The van der Waals surface area contributed by atoms with Gasteiger partial charge in [-0.15, -0.1) is 11.3 Å². The molecule has 1 aromatic heterocycles. The quantitative estimate of drug-likeness (QED) is 0.448. The topological polar surface area (TPSA) is 79.7 Å². The van der Waals surface area contributed by atoms with Crippen LogP contribution >= 0.6 is 11.3 Å². The van der Waals surface area contributed by atoms with Crippen molar-refractivity contribution < 1.29 is 19.4 Å². The fourth-order valence-electron chi connectivity index (χ4n) is 1.67. The number of rotatable bonds is 3. The molecule has 1 aliphatic heterocycles. The molecule has 0 saturated heterocycles. The highest BCUT2D eigenvalue weighted by Crippen LogP contribution is 2.31. The number of hydrogen-bond acceptors (Lipinski definition) is 7. The third kappa shape index (κ3) is 2.38. The summed E-state index contributed by atoms with van der Waals surface area (Å²) in [4.78, 5) is 28.1. The lowest BCUT2D eigenvalue weighted by molar-refractivity contribution is 0.0600. The lowest BCUT2D eigenvalue weighted by Crippen LogP contribution is -2.36. The highest BCUT2D eigenvalue weighted by Gasteiger charge is 2.29. The van der Waals surface area contributed by atoms with Gasteiger partial charge >= 0.3 is 5.97 Å². The van der Waals surface area contributed by atoms with E-state index in [0.29, 0.717) is 29.8 Å². The Kier molecular flexibility index (Phi) is 3.56. The lowest BCUT2D eigenvalue weighted by Gasteiger charge is -2.27. The van der Waals surface area contributed by atoms with Crippen LogP contribution in [0.2, 0.25) is 0 Å². The Morgan fingerprint density at radius 2 is 2.53 bits per heavy atom. The first-order valence-electron chi connectivity index (χ1n) is 4.94. The molecule has 17 heavy (non-hydrogen) atoms. The standard InChI is InChI=1S/C9H10BN2O4S/c1-16-9(15)8-11-5-2-12(10-4-13)3-6(14)7(5)17-8/h4,6,14H,2-3H2,1H3. The van der Waals surface area contributed by atoms with E-state index >= 15 is 0 Å². The Morgan fingerprint density at radius 3 is 3.18 bits per heavy atom. The number of fused-ring (bicyclic) bond motifs is 1. The molecule has 2 heterocycles. The number of carbonyl (C=O) groups excluding carboxylic acids is 2.